The van der Waals surface area contributed by atoms with Gasteiger partial charge in [0, 0.05) is 19.5 Å². The van der Waals surface area contributed by atoms with E-state index in [4.69, 9.17) is 9.47 Å². The van der Waals surface area contributed by atoms with E-state index in [1.54, 1.807) is 18.2 Å². The molecule has 3 rings (SSSR count). The number of nitrogens with zero attached hydrogens (tertiary/aromatic N) is 1. The fraction of sp³-hybridized carbons (Fsp3) is 0.588. The third kappa shape index (κ3) is 2.77. The summed E-state index contributed by atoms with van der Waals surface area (Å²) < 4.78 is 11.8. The van der Waals surface area contributed by atoms with Gasteiger partial charge >= 0.3 is 5.97 Å². The highest BCUT2D eigenvalue weighted by Crippen LogP contribution is 2.43. The second-order valence-corrected chi connectivity index (χ2v) is 7.34. The maximum atomic E-state index is 11.4. The first kappa shape index (κ1) is 16.1. The molecule has 0 aliphatic carbocycles. The molecule has 0 amide bonds. The molecule has 2 aliphatic heterocycles. The minimum atomic E-state index is -0.962. The lowest BCUT2D eigenvalue weighted by atomic mass is 9.85. The van der Waals surface area contributed by atoms with E-state index < -0.39 is 11.8 Å². The summed E-state index contributed by atoms with van der Waals surface area (Å²) in [6, 6.07) is 5.25. The van der Waals surface area contributed by atoms with E-state index in [9.17, 15) is 9.90 Å². The van der Waals surface area contributed by atoms with Gasteiger partial charge in [0.15, 0.2) is 0 Å². The Hall–Kier alpha value is -1.79. The average molecular weight is 320 g/mol. The van der Waals surface area contributed by atoms with Crippen molar-refractivity contribution >= 4 is 11.7 Å². The van der Waals surface area contributed by atoms with Crippen LogP contribution in [0.25, 0.3) is 0 Å². The molecule has 6 nitrogen and oxygen atoms in total. The minimum absolute atomic E-state index is 0.0128. The van der Waals surface area contributed by atoms with Crippen LogP contribution < -0.4 is 10.1 Å². The molecule has 2 heterocycles. The minimum Gasteiger partial charge on any atom is -0.478 e. The summed E-state index contributed by atoms with van der Waals surface area (Å²) in [5, 5.41) is 12.7. The highest BCUT2D eigenvalue weighted by molar-refractivity contribution is 5.96. The number of hydrogen-bond acceptors (Lipinski definition) is 5. The first-order valence-electron chi connectivity index (χ1n) is 7.90. The number of rotatable bonds is 2. The highest BCUT2D eigenvalue weighted by Gasteiger charge is 2.48. The molecule has 2 atom stereocenters. The fourth-order valence-electron chi connectivity index (χ4n) is 3.36. The SMILES string of the molecule is CC(C)(C)C1COCCN1[C@]1(C)Nc2c(cccc2C(=O)O)O1. The molecule has 1 fully saturated rings. The number of aromatic carboxylic acids is 1. The summed E-state index contributed by atoms with van der Waals surface area (Å²) in [7, 11) is 0. The van der Waals surface area contributed by atoms with Crippen LogP contribution in [-0.2, 0) is 4.74 Å². The second kappa shape index (κ2) is 5.39. The molecule has 1 saturated heterocycles. The number of carboxylic acid groups (broad SMARTS) is 1. The molecule has 2 N–H and O–H groups in total. The maximum Gasteiger partial charge on any atom is 0.337 e. The van der Waals surface area contributed by atoms with E-state index in [0.29, 0.717) is 24.7 Å². The van der Waals surface area contributed by atoms with Crippen LogP contribution in [0.5, 0.6) is 5.75 Å². The molecule has 2 aliphatic rings. The zero-order chi connectivity index (χ0) is 16.8. The van der Waals surface area contributed by atoms with E-state index in [-0.39, 0.29) is 17.0 Å². The van der Waals surface area contributed by atoms with Gasteiger partial charge in [0.25, 0.3) is 0 Å². The van der Waals surface area contributed by atoms with Crippen LogP contribution in [0.3, 0.4) is 0 Å². The normalized spacial score (nSPS) is 27.9. The molecule has 1 aromatic carbocycles. The largest absolute Gasteiger partial charge is 0.478 e. The van der Waals surface area contributed by atoms with Crippen LogP contribution in [0, 0.1) is 5.41 Å². The van der Waals surface area contributed by atoms with Gasteiger partial charge in [0.2, 0.25) is 5.85 Å². The Labute approximate surface area is 136 Å². The summed E-state index contributed by atoms with van der Waals surface area (Å²) in [5.74, 6) is -1.17. The molecule has 0 saturated carbocycles. The first-order valence-corrected chi connectivity index (χ1v) is 7.90. The molecular weight excluding hydrogens is 296 g/mol. The van der Waals surface area contributed by atoms with Gasteiger partial charge in [-0.05, 0) is 17.5 Å². The molecule has 0 radical (unpaired) electrons. The number of hydrogen-bond donors (Lipinski definition) is 2. The van der Waals surface area contributed by atoms with E-state index >= 15 is 0 Å². The fourth-order valence-corrected chi connectivity index (χ4v) is 3.36. The number of nitrogens with one attached hydrogen (secondary N) is 1. The van der Waals surface area contributed by atoms with E-state index in [2.05, 4.69) is 31.0 Å². The van der Waals surface area contributed by atoms with Crippen molar-refractivity contribution in [3.63, 3.8) is 0 Å². The Morgan fingerprint density at radius 3 is 2.83 bits per heavy atom. The summed E-state index contributed by atoms with van der Waals surface area (Å²) in [4.78, 5) is 13.7. The van der Waals surface area contributed by atoms with Crippen LogP contribution >= 0.6 is 0 Å². The third-order valence-electron chi connectivity index (χ3n) is 4.60. The zero-order valence-corrected chi connectivity index (χ0v) is 14.0. The number of carboxylic acids is 1. The molecule has 0 spiro atoms. The van der Waals surface area contributed by atoms with Crippen molar-refractivity contribution in [2.45, 2.75) is 39.6 Å². The molecule has 6 heteroatoms. The zero-order valence-electron chi connectivity index (χ0n) is 14.0. The predicted octanol–water partition coefficient (Wildman–Crippen LogP) is 2.61. The number of anilines is 1. The van der Waals surface area contributed by atoms with Crippen LogP contribution in [0.4, 0.5) is 5.69 Å². The standard InChI is InChI=1S/C17H24N2O4/c1-16(2,3)13-10-22-9-8-19(13)17(4)18-14-11(15(20)21)6-5-7-12(14)23-17/h5-7,13,18H,8-10H2,1-4H3,(H,20,21)/t13?,17-/m0/s1. The van der Waals surface area contributed by atoms with Gasteiger partial charge in [0.1, 0.15) is 5.75 Å². The lowest BCUT2D eigenvalue weighted by molar-refractivity contribution is -0.145. The number of benzene rings is 1. The summed E-state index contributed by atoms with van der Waals surface area (Å²) in [6.45, 7) is 10.5. The van der Waals surface area contributed by atoms with Gasteiger partial charge in [-0.15, -0.1) is 0 Å². The Bertz CT molecular complexity index is 626. The molecule has 0 aromatic heterocycles. The third-order valence-corrected chi connectivity index (χ3v) is 4.60. The second-order valence-electron chi connectivity index (χ2n) is 7.34. The summed E-state index contributed by atoms with van der Waals surface area (Å²) in [6.07, 6.45) is 0. The highest BCUT2D eigenvalue weighted by atomic mass is 16.5. The van der Waals surface area contributed by atoms with E-state index in [1.807, 2.05) is 6.92 Å². The number of carbonyl (C=O) groups is 1. The van der Waals surface area contributed by atoms with Gasteiger partial charge in [-0.2, -0.15) is 0 Å². The monoisotopic (exact) mass is 320 g/mol. The average Bonchev–Trinajstić information content (AvgIpc) is 2.83. The van der Waals surface area contributed by atoms with Crippen molar-refractivity contribution in [3.8, 4) is 5.75 Å². The van der Waals surface area contributed by atoms with Crippen LogP contribution in [0.2, 0.25) is 0 Å². The van der Waals surface area contributed by atoms with Crippen LogP contribution in [0.15, 0.2) is 18.2 Å². The van der Waals surface area contributed by atoms with E-state index in [1.165, 1.54) is 0 Å². The van der Waals surface area contributed by atoms with Crippen LogP contribution in [0.1, 0.15) is 38.1 Å². The van der Waals surface area contributed by atoms with Gasteiger partial charge in [0.05, 0.1) is 24.5 Å². The maximum absolute atomic E-state index is 11.4. The molecule has 0 bridgehead atoms. The van der Waals surface area contributed by atoms with Crippen molar-refractivity contribution in [1.82, 2.24) is 4.90 Å². The number of para-hydroxylation sites is 1. The molecule has 23 heavy (non-hydrogen) atoms. The predicted molar refractivity (Wildman–Crippen MR) is 86.8 cm³/mol. The Balaban J connectivity index is 1.94. The molecular formula is C17H24N2O4. The van der Waals surface area contributed by atoms with Crippen LogP contribution in [-0.4, -0.2) is 47.6 Å². The number of ether oxygens (including phenoxy) is 2. The molecule has 1 aromatic rings. The molecule has 126 valence electrons. The Kier molecular flexibility index (Phi) is 3.77. The number of fused-ring (bicyclic) bond motifs is 1. The lowest BCUT2D eigenvalue weighted by Gasteiger charge is -2.49. The van der Waals surface area contributed by atoms with Crippen molar-refractivity contribution in [2.75, 3.05) is 25.1 Å². The van der Waals surface area contributed by atoms with Gasteiger partial charge in [-0.3, -0.25) is 0 Å². The van der Waals surface area contributed by atoms with Crippen molar-refractivity contribution in [1.29, 1.82) is 0 Å². The summed E-state index contributed by atoms with van der Waals surface area (Å²) >= 11 is 0. The summed E-state index contributed by atoms with van der Waals surface area (Å²) in [5.41, 5.74) is 0.784. The lowest BCUT2D eigenvalue weighted by Crippen LogP contribution is -2.65. The van der Waals surface area contributed by atoms with Crippen molar-refractivity contribution in [3.05, 3.63) is 23.8 Å². The molecule has 1 unspecified atom stereocenters. The first-order chi connectivity index (χ1) is 10.7. The van der Waals surface area contributed by atoms with Gasteiger partial charge < -0.3 is 19.9 Å². The Morgan fingerprint density at radius 1 is 1.43 bits per heavy atom. The van der Waals surface area contributed by atoms with Gasteiger partial charge in [-0.1, -0.05) is 26.8 Å². The quantitative estimate of drug-likeness (QED) is 0.873. The van der Waals surface area contributed by atoms with Crippen molar-refractivity contribution in [2.24, 2.45) is 5.41 Å². The topological polar surface area (TPSA) is 71.0 Å². The van der Waals surface area contributed by atoms with Gasteiger partial charge in [-0.25, -0.2) is 9.69 Å². The number of morpholine rings is 1. The van der Waals surface area contributed by atoms with Crippen molar-refractivity contribution < 1.29 is 19.4 Å². The van der Waals surface area contributed by atoms with E-state index in [0.717, 1.165) is 6.54 Å². The Morgan fingerprint density at radius 2 is 2.17 bits per heavy atom. The smallest absolute Gasteiger partial charge is 0.337 e.